The van der Waals surface area contributed by atoms with Crippen LogP contribution in [-0.4, -0.2) is 29.9 Å². The maximum Gasteiger partial charge on any atom is 0.262 e. The van der Waals surface area contributed by atoms with E-state index in [1.165, 1.54) is 5.56 Å². The van der Waals surface area contributed by atoms with E-state index >= 15 is 0 Å². The zero-order valence-electron chi connectivity index (χ0n) is 17.0. The van der Waals surface area contributed by atoms with E-state index in [1.54, 1.807) is 0 Å². The van der Waals surface area contributed by atoms with Gasteiger partial charge >= 0.3 is 0 Å². The Morgan fingerprint density at radius 3 is 2.68 bits per heavy atom. The first-order chi connectivity index (χ1) is 13.3. The molecule has 0 saturated carbocycles. The maximum absolute atomic E-state index is 12.3. The highest BCUT2D eigenvalue weighted by Gasteiger charge is 2.22. The molecule has 5 nitrogen and oxygen atoms in total. The molecule has 2 aromatic carbocycles. The van der Waals surface area contributed by atoms with E-state index in [0.29, 0.717) is 6.54 Å². The van der Waals surface area contributed by atoms with Crippen molar-refractivity contribution in [3.8, 4) is 5.75 Å². The summed E-state index contributed by atoms with van der Waals surface area (Å²) in [5.74, 6) is 0.684. The molecule has 1 N–H and O–H groups in total. The van der Waals surface area contributed by atoms with Crippen LogP contribution in [0.15, 0.2) is 36.4 Å². The van der Waals surface area contributed by atoms with Crippen molar-refractivity contribution in [3.63, 3.8) is 0 Å². The number of aryl methyl sites for hydroxylation is 1. The third-order valence-corrected chi connectivity index (χ3v) is 5.22. The third-order valence-electron chi connectivity index (χ3n) is 5.22. The molecule has 0 bridgehead atoms. The summed E-state index contributed by atoms with van der Waals surface area (Å²) in [5.41, 5.74) is 5.23. The molecular weight excluding hydrogens is 352 g/mol. The Kier molecular flexibility index (Phi) is 6.02. The molecule has 148 valence electrons. The molecule has 0 radical (unpaired) electrons. The maximum atomic E-state index is 12.3. The second kappa shape index (κ2) is 8.46. The van der Waals surface area contributed by atoms with Crippen LogP contribution in [0.3, 0.4) is 0 Å². The van der Waals surface area contributed by atoms with Crippen molar-refractivity contribution in [1.82, 2.24) is 4.90 Å². The number of anilines is 1. The normalized spacial score (nSPS) is 13.2. The Hall–Kier alpha value is -2.82. The summed E-state index contributed by atoms with van der Waals surface area (Å²) >= 11 is 0. The van der Waals surface area contributed by atoms with Crippen LogP contribution in [0.5, 0.6) is 5.75 Å². The second-order valence-corrected chi connectivity index (χ2v) is 7.68. The smallest absolute Gasteiger partial charge is 0.262 e. The monoisotopic (exact) mass is 380 g/mol. The summed E-state index contributed by atoms with van der Waals surface area (Å²) in [7, 11) is 0. The van der Waals surface area contributed by atoms with Crippen LogP contribution in [-0.2, 0) is 22.6 Å². The lowest BCUT2D eigenvalue weighted by atomic mass is 9.98. The van der Waals surface area contributed by atoms with E-state index < -0.39 is 0 Å². The summed E-state index contributed by atoms with van der Waals surface area (Å²) in [4.78, 5) is 26.5. The number of amides is 2. The van der Waals surface area contributed by atoms with Gasteiger partial charge in [-0.15, -0.1) is 0 Å². The fourth-order valence-electron chi connectivity index (χ4n) is 3.41. The summed E-state index contributed by atoms with van der Waals surface area (Å²) < 4.78 is 5.67. The van der Waals surface area contributed by atoms with E-state index in [-0.39, 0.29) is 24.3 Å². The van der Waals surface area contributed by atoms with Crippen LogP contribution in [0, 0.1) is 19.8 Å². The van der Waals surface area contributed by atoms with Gasteiger partial charge in [0.2, 0.25) is 5.91 Å². The average Bonchev–Trinajstić information content (AvgIpc) is 2.68. The van der Waals surface area contributed by atoms with Crippen LogP contribution < -0.4 is 10.1 Å². The number of benzene rings is 2. The zero-order chi connectivity index (χ0) is 20.3. The molecule has 5 heteroatoms. The number of rotatable bonds is 5. The van der Waals surface area contributed by atoms with Gasteiger partial charge in [0.1, 0.15) is 5.75 Å². The second-order valence-electron chi connectivity index (χ2n) is 7.68. The molecule has 1 heterocycles. The molecular formula is C23H28N2O3. The molecule has 28 heavy (non-hydrogen) atoms. The SMILES string of the molecule is Cc1cccc(OCC(=O)Nc2ccc3c(c2)CN(C(=O)C(C)C)CC3)c1C. The summed E-state index contributed by atoms with van der Waals surface area (Å²) in [6.07, 6.45) is 0.845. The Morgan fingerprint density at radius 2 is 1.93 bits per heavy atom. The van der Waals surface area contributed by atoms with Gasteiger partial charge in [-0.05, 0) is 60.7 Å². The predicted molar refractivity (Wildman–Crippen MR) is 110 cm³/mol. The molecule has 0 spiro atoms. The highest BCUT2D eigenvalue weighted by atomic mass is 16.5. The van der Waals surface area contributed by atoms with E-state index in [2.05, 4.69) is 5.32 Å². The number of hydrogen-bond acceptors (Lipinski definition) is 3. The van der Waals surface area contributed by atoms with E-state index in [1.807, 2.05) is 69.0 Å². The van der Waals surface area contributed by atoms with Gasteiger partial charge in [0.05, 0.1) is 0 Å². The molecule has 1 aliphatic heterocycles. The largest absolute Gasteiger partial charge is 0.483 e. The Morgan fingerprint density at radius 1 is 1.14 bits per heavy atom. The first kappa shape index (κ1) is 19.9. The van der Waals surface area contributed by atoms with Crippen molar-refractivity contribution in [2.24, 2.45) is 5.92 Å². The van der Waals surface area contributed by atoms with Gasteiger partial charge in [0.25, 0.3) is 5.91 Å². The van der Waals surface area contributed by atoms with Crippen LogP contribution in [0.2, 0.25) is 0 Å². The molecule has 0 atom stereocenters. The van der Waals surface area contributed by atoms with Gasteiger partial charge in [-0.3, -0.25) is 9.59 Å². The number of nitrogens with one attached hydrogen (secondary N) is 1. The van der Waals surface area contributed by atoms with Gasteiger partial charge < -0.3 is 15.0 Å². The molecule has 2 aromatic rings. The first-order valence-corrected chi connectivity index (χ1v) is 9.74. The number of hydrogen-bond donors (Lipinski definition) is 1. The minimum Gasteiger partial charge on any atom is -0.483 e. The first-order valence-electron chi connectivity index (χ1n) is 9.74. The minimum absolute atomic E-state index is 0.00772. The summed E-state index contributed by atoms with van der Waals surface area (Å²) in [5, 5.41) is 2.90. The standard InChI is InChI=1S/C23H28N2O3/c1-15(2)23(27)25-11-10-18-8-9-20(12-19(18)13-25)24-22(26)14-28-21-7-5-6-16(3)17(21)4/h5-9,12,15H,10-11,13-14H2,1-4H3,(H,24,26). The Balaban J connectivity index is 1.62. The molecule has 2 amide bonds. The zero-order valence-corrected chi connectivity index (χ0v) is 17.0. The fraction of sp³-hybridized carbons (Fsp3) is 0.391. The molecule has 0 aromatic heterocycles. The van der Waals surface area contributed by atoms with E-state index in [0.717, 1.165) is 41.1 Å². The lowest BCUT2D eigenvalue weighted by molar-refractivity contribution is -0.135. The molecule has 0 saturated heterocycles. The lowest BCUT2D eigenvalue weighted by Gasteiger charge is -2.30. The number of ether oxygens (including phenoxy) is 1. The van der Waals surface area contributed by atoms with Crippen molar-refractivity contribution < 1.29 is 14.3 Å². The molecule has 0 fully saturated rings. The van der Waals surface area contributed by atoms with E-state index in [9.17, 15) is 9.59 Å². The topological polar surface area (TPSA) is 58.6 Å². The van der Waals surface area contributed by atoms with Gasteiger partial charge in [-0.25, -0.2) is 0 Å². The third kappa shape index (κ3) is 4.53. The van der Waals surface area contributed by atoms with Gasteiger partial charge in [0.15, 0.2) is 6.61 Å². The summed E-state index contributed by atoms with van der Waals surface area (Å²) in [6.45, 7) is 9.14. The van der Waals surface area contributed by atoms with Crippen LogP contribution in [0.1, 0.15) is 36.1 Å². The van der Waals surface area contributed by atoms with Crippen molar-refractivity contribution in [1.29, 1.82) is 0 Å². The quantitative estimate of drug-likeness (QED) is 0.857. The molecule has 0 aliphatic carbocycles. The highest BCUT2D eigenvalue weighted by molar-refractivity contribution is 5.92. The van der Waals surface area contributed by atoms with Crippen molar-refractivity contribution in [2.45, 2.75) is 40.7 Å². The number of carbonyl (C=O) groups excluding carboxylic acids is 2. The van der Waals surface area contributed by atoms with E-state index in [4.69, 9.17) is 4.74 Å². The van der Waals surface area contributed by atoms with Crippen LogP contribution in [0.25, 0.3) is 0 Å². The molecule has 1 aliphatic rings. The number of fused-ring (bicyclic) bond motifs is 1. The van der Waals surface area contributed by atoms with Crippen molar-refractivity contribution in [3.05, 3.63) is 58.7 Å². The van der Waals surface area contributed by atoms with Crippen molar-refractivity contribution in [2.75, 3.05) is 18.5 Å². The lowest BCUT2D eigenvalue weighted by Crippen LogP contribution is -2.38. The van der Waals surface area contributed by atoms with Gasteiger partial charge in [-0.2, -0.15) is 0 Å². The summed E-state index contributed by atoms with van der Waals surface area (Å²) in [6, 6.07) is 11.7. The Bertz CT molecular complexity index is 889. The van der Waals surface area contributed by atoms with Gasteiger partial charge in [0, 0.05) is 24.7 Å². The van der Waals surface area contributed by atoms with Gasteiger partial charge in [-0.1, -0.05) is 32.0 Å². The Labute approximate surface area is 166 Å². The van der Waals surface area contributed by atoms with Crippen LogP contribution >= 0.6 is 0 Å². The van der Waals surface area contributed by atoms with Crippen molar-refractivity contribution >= 4 is 17.5 Å². The highest BCUT2D eigenvalue weighted by Crippen LogP contribution is 2.24. The fourth-order valence-corrected chi connectivity index (χ4v) is 3.41. The number of nitrogens with zero attached hydrogens (tertiary/aromatic N) is 1. The molecule has 0 unspecified atom stereocenters. The number of carbonyl (C=O) groups is 2. The predicted octanol–water partition coefficient (Wildman–Crippen LogP) is 3.86. The molecule has 3 rings (SSSR count). The van der Waals surface area contributed by atoms with Crippen LogP contribution in [0.4, 0.5) is 5.69 Å². The minimum atomic E-state index is -0.202. The average molecular weight is 380 g/mol.